The van der Waals surface area contributed by atoms with Crippen LogP contribution >= 0.6 is 12.4 Å². The van der Waals surface area contributed by atoms with E-state index in [1.165, 1.54) is 19.3 Å². The minimum Gasteiger partial charge on any atom is -0.341 e. The topological polar surface area (TPSA) is 32.3 Å². The van der Waals surface area contributed by atoms with Gasteiger partial charge in [0.25, 0.3) is 0 Å². The standard InChI is InChI=1S/C14H26N2O.ClH/c1-3-11-4-6-12(7-5-11)14(17)16-9-8-13(10-16)15-2;/h11-13,15H,3-10H2,1-2H3;1H. The van der Waals surface area contributed by atoms with Crippen LogP contribution in [0, 0.1) is 11.8 Å². The van der Waals surface area contributed by atoms with Crippen LogP contribution in [0.2, 0.25) is 0 Å². The first-order valence-corrected chi connectivity index (χ1v) is 7.20. The Balaban J connectivity index is 0.00000162. The summed E-state index contributed by atoms with van der Waals surface area (Å²) >= 11 is 0. The van der Waals surface area contributed by atoms with Crippen LogP contribution in [0.25, 0.3) is 0 Å². The molecular weight excluding hydrogens is 248 g/mol. The molecule has 0 radical (unpaired) electrons. The van der Waals surface area contributed by atoms with Gasteiger partial charge < -0.3 is 10.2 Å². The lowest BCUT2D eigenvalue weighted by Gasteiger charge is -2.30. The van der Waals surface area contributed by atoms with Crippen LogP contribution in [0.1, 0.15) is 45.4 Å². The predicted octanol–water partition coefficient (Wildman–Crippen LogP) is 2.44. The Morgan fingerprint density at radius 1 is 1.22 bits per heavy atom. The van der Waals surface area contributed by atoms with Crippen molar-refractivity contribution >= 4 is 18.3 Å². The van der Waals surface area contributed by atoms with Crippen LogP contribution in [0.15, 0.2) is 0 Å². The van der Waals surface area contributed by atoms with Crippen molar-refractivity contribution in [3.8, 4) is 0 Å². The second kappa shape index (κ2) is 7.34. The van der Waals surface area contributed by atoms with Crippen LogP contribution in [-0.2, 0) is 4.79 Å². The number of amides is 1. The molecule has 0 aromatic heterocycles. The van der Waals surface area contributed by atoms with E-state index in [1.54, 1.807) is 0 Å². The number of hydrogen-bond acceptors (Lipinski definition) is 2. The number of nitrogens with zero attached hydrogens (tertiary/aromatic N) is 1. The molecule has 1 N–H and O–H groups in total. The van der Waals surface area contributed by atoms with Gasteiger partial charge in [-0.2, -0.15) is 0 Å². The van der Waals surface area contributed by atoms with Gasteiger partial charge >= 0.3 is 0 Å². The van der Waals surface area contributed by atoms with Gasteiger partial charge in [-0.05, 0) is 45.1 Å². The summed E-state index contributed by atoms with van der Waals surface area (Å²) in [4.78, 5) is 14.4. The number of nitrogens with one attached hydrogen (secondary N) is 1. The largest absolute Gasteiger partial charge is 0.341 e. The highest BCUT2D eigenvalue weighted by Crippen LogP contribution is 2.32. The van der Waals surface area contributed by atoms with Gasteiger partial charge in [0.15, 0.2) is 0 Å². The maximum Gasteiger partial charge on any atom is 0.225 e. The quantitative estimate of drug-likeness (QED) is 0.857. The first-order chi connectivity index (χ1) is 8.24. The second-order valence-corrected chi connectivity index (χ2v) is 5.68. The van der Waals surface area contributed by atoms with E-state index in [1.807, 2.05) is 7.05 Å². The van der Waals surface area contributed by atoms with Gasteiger partial charge in [0, 0.05) is 25.0 Å². The van der Waals surface area contributed by atoms with E-state index in [-0.39, 0.29) is 12.4 Å². The summed E-state index contributed by atoms with van der Waals surface area (Å²) in [5, 5.41) is 3.27. The summed E-state index contributed by atoms with van der Waals surface area (Å²) in [7, 11) is 1.99. The Bertz CT molecular complexity index is 265. The molecule has 0 aromatic rings. The lowest BCUT2D eigenvalue weighted by atomic mass is 9.80. The van der Waals surface area contributed by atoms with Crippen molar-refractivity contribution in [2.75, 3.05) is 20.1 Å². The first kappa shape index (κ1) is 15.8. The lowest BCUT2D eigenvalue weighted by Crippen LogP contribution is -2.38. The van der Waals surface area contributed by atoms with Crippen LogP contribution in [0.3, 0.4) is 0 Å². The Kier molecular flexibility index (Phi) is 6.44. The Morgan fingerprint density at radius 2 is 1.89 bits per heavy atom. The molecule has 106 valence electrons. The summed E-state index contributed by atoms with van der Waals surface area (Å²) in [5.74, 6) is 1.63. The molecule has 1 unspecified atom stereocenters. The maximum absolute atomic E-state index is 12.4. The van der Waals surface area contributed by atoms with E-state index in [9.17, 15) is 4.79 Å². The molecule has 0 spiro atoms. The zero-order valence-corrected chi connectivity index (χ0v) is 12.5. The third-order valence-corrected chi connectivity index (χ3v) is 4.68. The molecule has 4 heteroatoms. The van der Waals surface area contributed by atoms with E-state index >= 15 is 0 Å². The SMILES string of the molecule is CCC1CCC(C(=O)N2CCC(NC)C2)CC1.Cl. The van der Waals surface area contributed by atoms with Crippen molar-refractivity contribution in [2.45, 2.75) is 51.5 Å². The number of likely N-dealkylation sites (N-methyl/N-ethyl adjacent to an activating group) is 1. The van der Waals surface area contributed by atoms with Gasteiger partial charge in [0.05, 0.1) is 0 Å². The second-order valence-electron chi connectivity index (χ2n) is 5.68. The van der Waals surface area contributed by atoms with Crippen LogP contribution in [-0.4, -0.2) is 37.0 Å². The van der Waals surface area contributed by atoms with Crippen molar-refractivity contribution in [1.82, 2.24) is 10.2 Å². The fraction of sp³-hybridized carbons (Fsp3) is 0.929. The molecule has 2 aliphatic rings. The van der Waals surface area contributed by atoms with Gasteiger partial charge in [0.1, 0.15) is 0 Å². The zero-order chi connectivity index (χ0) is 12.3. The lowest BCUT2D eigenvalue weighted by molar-refractivity contribution is -0.135. The predicted molar refractivity (Wildman–Crippen MR) is 77.0 cm³/mol. The molecule has 0 bridgehead atoms. The average Bonchev–Trinajstić information content (AvgIpc) is 2.87. The van der Waals surface area contributed by atoms with Crippen molar-refractivity contribution in [2.24, 2.45) is 11.8 Å². The summed E-state index contributed by atoms with van der Waals surface area (Å²) < 4.78 is 0. The van der Waals surface area contributed by atoms with E-state index in [0.717, 1.165) is 38.3 Å². The maximum atomic E-state index is 12.4. The highest BCUT2D eigenvalue weighted by atomic mass is 35.5. The number of likely N-dealkylation sites (tertiary alicyclic amines) is 1. The average molecular weight is 275 g/mol. The molecule has 1 amide bonds. The smallest absolute Gasteiger partial charge is 0.225 e. The Morgan fingerprint density at radius 3 is 2.39 bits per heavy atom. The van der Waals surface area contributed by atoms with Crippen molar-refractivity contribution in [3.05, 3.63) is 0 Å². The van der Waals surface area contributed by atoms with Crippen molar-refractivity contribution < 1.29 is 4.79 Å². The molecule has 18 heavy (non-hydrogen) atoms. The highest BCUT2D eigenvalue weighted by Gasteiger charge is 2.32. The molecule has 3 nitrogen and oxygen atoms in total. The van der Waals surface area contributed by atoms with Gasteiger partial charge in [0.2, 0.25) is 5.91 Å². The molecule has 1 saturated carbocycles. The molecule has 1 aliphatic heterocycles. The molecule has 1 heterocycles. The monoisotopic (exact) mass is 274 g/mol. The summed E-state index contributed by atoms with van der Waals surface area (Å²) in [6.45, 7) is 4.14. The minimum atomic E-state index is 0. The minimum absolute atomic E-state index is 0. The van der Waals surface area contributed by atoms with Crippen molar-refractivity contribution in [1.29, 1.82) is 0 Å². The number of hydrogen-bond donors (Lipinski definition) is 1. The molecule has 2 fully saturated rings. The molecule has 1 aliphatic carbocycles. The summed E-state index contributed by atoms with van der Waals surface area (Å²) in [6.07, 6.45) is 7.17. The molecule has 0 aromatic carbocycles. The first-order valence-electron chi connectivity index (χ1n) is 7.20. The van der Waals surface area contributed by atoms with Gasteiger partial charge in [-0.3, -0.25) is 4.79 Å². The van der Waals surface area contributed by atoms with Crippen LogP contribution in [0.5, 0.6) is 0 Å². The van der Waals surface area contributed by atoms with Crippen LogP contribution in [0.4, 0.5) is 0 Å². The van der Waals surface area contributed by atoms with E-state index in [4.69, 9.17) is 0 Å². The Labute approximate surface area is 117 Å². The van der Waals surface area contributed by atoms with Crippen LogP contribution < -0.4 is 5.32 Å². The normalized spacial score (nSPS) is 32.1. The molecular formula is C14H27ClN2O. The number of carbonyl (C=O) groups excluding carboxylic acids is 1. The third-order valence-electron chi connectivity index (χ3n) is 4.68. The van der Waals surface area contributed by atoms with Gasteiger partial charge in [-0.25, -0.2) is 0 Å². The fourth-order valence-electron chi connectivity index (χ4n) is 3.27. The van der Waals surface area contributed by atoms with E-state index < -0.39 is 0 Å². The number of halogens is 1. The van der Waals surface area contributed by atoms with E-state index in [0.29, 0.717) is 17.9 Å². The fourth-order valence-corrected chi connectivity index (χ4v) is 3.27. The third kappa shape index (κ3) is 3.61. The van der Waals surface area contributed by atoms with Crippen molar-refractivity contribution in [3.63, 3.8) is 0 Å². The zero-order valence-electron chi connectivity index (χ0n) is 11.7. The number of rotatable bonds is 3. The van der Waals surface area contributed by atoms with Gasteiger partial charge in [-0.15, -0.1) is 12.4 Å². The van der Waals surface area contributed by atoms with E-state index in [2.05, 4.69) is 17.1 Å². The Hall–Kier alpha value is -0.280. The molecule has 2 rings (SSSR count). The summed E-state index contributed by atoms with van der Waals surface area (Å²) in [6, 6.07) is 0.519. The summed E-state index contributed by atoms with van der Waals surface area (Å²) in [5.41, 5.74) is 0. The molecule has 1 saturated heterocycles. The highest BCUT2D eigenvalue weighted by molar-refractivity contribution is 5.85. The van der Waals surface area contributed by atoms with Gasteiger partial charge in [-0.1, -0.05) is 13.3 Å². The molecule has 1 atom stereocenters. The number of carbonyl (C=O) groups is 1.